The molecule has 0 aromatic carbocycles. The third-order valence-corrected chi connectivity index (χ3v) is 2.13. The van der Waals surface area contributed by atoms with Crippen molar-refractivity contribution in [2.45, 2.75) is 26.2 Å². The molecular formula is C10H13N3. The van der Waals surface area contributed by atoms with Gasteiger partial charge in [-0.15, -0.1) is 0 Å². The number of anilines is 1. The van der Waals surface area contributed by atoms with Crippen LogP contribution in [0.2, 0.25) is 0 Å². The summed E-state index contributed by atoms with van der Waals surface area (Å²) in [5, 5.41) is 3.10. The first-order valence-electron chi connectivity index (χ1n) is 4.47. The first-order chi connectivity index (χ1) is 6.16. The topological polar surface area (TPSA) is 37.8 Å². The molecule has 3 nitrogen and oxygen atoms in total. The van der Waals surface area contributed by atoms with Crippen molar-refractivity contribution in [1.82, 2.24) is 9.97 Å². The van der Waals surface area contributed by atoms with Gasteiger partial charge in [0.25, 0.3) is 0 Å². The molecule has 0 fully saturated rings. The Morgan fingerprint density at radius 1 is 1.54 bits per heavy atom. The Hall–Kier alpha value is -1.38. The van der Waals surface area contributed by atoms with E-state index in [1.165, 1.54) is 0 Å². The summed E-state index contributed by atoms with van der Waals surface area (Å²) in [6.45, 7) is 8.09. The summed E-state index contributed by atoms with van der Waals surface area (Å²) in [6, 6.07) is 0. The molecule has 1 N–H and O–H groups in total. The first-order valence-corrected chi connectivity index (χ1v) is 4.47. The zero-order valence-electron chi connectivity index (χ0n) is 7.96. The van der Waals surface area contributed by atoms with Gasteiger partial charge in [0.05, 0.1) is 17.6 Å². The lowest BCUT2D eigenvalue weighted by Crippen LogP contribution is -1.98. The fourth-order valence-electron chi connectivity index (χ4n) is 1.36. The van der Waals surface area contributed by atoms with Gasteiger partial charge in [0.2, 0.25) is 0 Å². The van der Waals surface area contributed by atoms with Gasteiger partial charge in [-0.3, -0.25) is 4.98 Å². The standard InChI is InChI=1S/C10H13N3/c1-6(2)9-5-11-10-8(13-9)4-7(3)12-10/h5-6H,3-4H2,1-2H3,(H,11,12). The molecule has 0 amide bonds. The minimum absolute atomic E-state index is 0.437. The molecule has 3 heteroatoms. The van der Waals surface area contributed by atoms with Gasteiger partial charge in [-0.2, -0.15) is 0 Å². The second kappa shape index (κ2) is 2.83. The molecule has 0 atom stereocenters. The monoisotopic (exact) mass is 175 g/mol. The maximum atomic E-state index is 4.52. The molecule has 0 spiro atoms. The molecular weight excluding hydrogens is 162 g/mol. The van der Waals surface area contributed by atoms with Crippen LogP contribution < -0.4 is 5.32 Å². The Morgan fingerprint density at radius 2 is 2.31 bits per heavy atom. The fraction of sp³-hybridized carbons (Fsp3) is 0.400. The zero-order valence-corrected chi connectivity index (χ0v) is 7.96. The minimum Gasteiger partial charge on any atom is -0.342 e. The molecule has 1 aromatic rings. The molecule has 0 bridgehead atoms. The zero-order chi connectivity index (χ0) is 9.42. The average molecular weight is 175 g/mol. The molecule has 0 radical (unpaired) electrons. The van der Waals surface area contributed by atoms with Crippen molar-refractivity contribution >= 4 is 5.82 Å². The quantitative estimate of drug-likeness (QED) is 0.710. The first kappa shape index (κ1) is 8.23. The Kier molecular flexibility index (Phi) is 1.79. The van der Waals surface area contributed by atoms with Crippen molar-refractivity contribution in [1.29, 1.82) is 0 Å². The van der Waals surface area contributed by atoms with Crippen LogP contribution in [0.5, 0.6) is 0 Å². The average Bonchev–Trinajstić information content (AvgIpc) is 2.42. The van der Waals surface area contributed by atoms with E-state index in [-0.39, 0.29) is 0 Å². The second-order valence-corrected chi connectivity index (χ2v) is 3.65. The molecule has 0 saturated heterocycles. The Labute approximate surface area is 77.9 Å². The van der Waals surface area contributed by atoms with E-state index in [2.05, 4.69) is 35.7 Å². The number of rotatable bonds is 1. The number of hydrogen-bond donors (Lipinski definition) is 1. The number of nitrogens with zero attached hydrogens (tertiary/aromatic N) is 2. The molecule has 68 valence electrons. The molecule has 2 heterocycles. The highest BCUT2D eigenvalue weighted by Crippen LogP contribution is 2.24. The van der Waals surface area contributed by atoms with Crippen molar-refractivity contribution in [3.63, 3.8) is 0 Å². The van der Waals surface area contributed by atoms with Gasteiger partial charge in [-0.1, -0.05) is 20.4 Å². The van der Waals surface area contributed by atoms with Crippen LogP contribution in [0.25, 0.3) is 0 Å². The molecule has 0 saturated carbocycles. The molecule has 1 aromatic heterocycles. The van der Waals surface area contributed by atoms with E-state index in [0.29, 0.717) is 5.92 Å². The summed E-state index contributed by atoms with van der Waals surface area (Å²) in [4.78, 5) is 8.81. The molecule has 0 aliphatic carbocycles. The summed E-state index contributed by atoms with van der Waals surface area (Å²) in [5.74, 6) is 1.31. The second-order valence-electron chi connectivity index (χ2n) is 3.65. The van der Waals surface area contributed by atoms with E-state index >= 15 is 0 Å². The van der Waals surface area contributed by atoms with Crippen LogP contribution in [0.15, 0.2) is 18.5 Å². The highest BCUT2D eigenvalue weighted by molar-refractivity contribution is 5.53. The summed E-state index contributed by atoms with van der Waals surface area (Å²) in [6.07, 6.45) is 2.64. The summed E-state index contributed by atoms with van der Waals surface area (Å²) in [5.41, 5.74) is 3.06. The van der Waals surface area contributed by atoms with E-state index in [1.54, 1.807) is 0 Å². The highest BCUT2D eigenvalue weighted by Gasteiger charge is 2.16. The lowest BCUT2D eigenvalue weighted by Gasteiger charge is -2.04. The number of fused-ring (bicyclic) bond motifs is 1. The number of allylic oxidation sites excluding steroid dienone is 1. The van der Waals surface area contributed by atoms with Crippen molar-refractivity contribution in [2.75, 3.05) is 5.32 Å². The number of aromatic nitrogens is 2. The third-order valence-electron chi connectivity index (χ3n) is 2.13. The molecule has 0 unspecified atom stereocenters. The van der Waals surface area contributed by atoms with Gasteiger partial charge in [0.15, 0.2) is 5.82 Å². The lowest BCUT2D eigenvalue weighted by atomic mass is 10.1. The van der Waals surface area contributed by atoms with Gasteiger partial charge in [0, 0.05) is 12.1 Å². The van der Waals surface area contributed by atoms with Crippen LogP contribution in [0.3, 0.4) is 0 Å². The smallest absolute Gasteiger partial charge is 0.152 e. The maximum absolute atomic E-state index is 4.52. The number of nitrogens with one attached hydrogen (secondary N) is 1. The fourth-order valence-corrected chi connectivity index (χ4v) is 1.36. The van der Waals surface area contributed by atoms with E-state index in [9.17, 15) is 0 Å². The van der Waals surface area contributed by atoms with E-state index in [1.807, 2.05) is 6.20 Å². The Morgan fingerprint density at radius 3 is 3.00 bits per heavy atom. The number of hydrogen-bond acceptors (Lipinski definition) is 3. The Balaban J connectivity index is 2.40. The van der Waals surface area contributed by atoms with E-state index < -0.39 is 0 Å². The minimum atomic E-state index is 0.437. The van der Waals surface area contributed by atoms with Crippen LogP contribution in [0.4, 0.5) is 5.82 Å². The lowest BCUT2D eigenvalue weighted by molar-refractivity contribution is 0.803. The van der Waals surface area contributed by atoms with Crippen LogP contribution >= 0.6 is 0 Å². The van der Waals surface area contributed by atoms with Gasteiger partial charge >= 0.3 is 0 Å². The predicted molar refractivity (Wildman–Crippen MR) is 52.6 cm³/mol. The van der Waals surface area contributed by atoms with Crippen LogP contribution in [-0.4, -0.2) is 9.97 Å². The maximum Gasteiger partial charge on any atom is 0.152 e. The van der Waals surface area contributed by atoms with Crippen molar-refractivity contribution in [3.8, 4) is 0 Å². The summed E-state index contributed by atoms with van der Waals surface area (Å²) >= 11 is 0. The molecule has 13 heavy (non-hydrogen) atoms. The van der Waals surface area contributed by atoms with Crippen LogP contribution in [0, 0.1) is 0 Å². The molecule has 1 aliphatic rings. The third kappa shape index (κ3) is 1.41. The van der Waals surface area contributed by atoms with Crippen molar-refractivity contribution < 1.29 is 0 Å². The largest absolute Gasteiger partial charge is 0.342 e. The summed E-state index contributed by atoms with van der Waals surface area (Å²) in [7, 11) is 0. The van der Waals surface area contributed by atoms with Gasteiger partial charge < -0.3 is 5.32 Å². The summed E-state index contributed by atoms with van der Waals surface area (Å²) < 4.78 is 0. The van der Waals surface area contributed by atoms with Gasteiger partial charge in [-0.25, -0.2) is 4.98 Å². The van der Waals surface area contributed by atoms with E-state index in [0.717, 1.165) is 29.3 Å². The predicted octanol–water partition coefficient (Wildman–Crippen LogP) is 2.08. The SMILES string of the molecule is C=C1Cc2nc(C(C)C)cnc2N1. The van der Waals surface area contributed by atoms with Crippen molar-refractivity contribution in [3.05, 3.63) is 29.9 Å². The van der Waals surface area contributed by atoms with Crippen LogP contribution in [-0.2, 0) is 6.42 Å². The van der Waals surface area contributed by atoms with Crippen molar-refractivity contribution in [2.24, 2.45) is 0 Å². The van der Waals surface area contributed by atoms with E-state index in [4.69, 9.17) is 0 Å². The van der Waals surface area contributed by atoms with Gasteiger partial charge in [0.1, 0.15) is 0 Å². The molecule has 1 aliphatic heterocycles. The normalized spacial score (nSPS) is 14.5. The van der Waals surface area contributed by atoms with Gasteiger partial charge in [-0.05, 0) is 5.92 Å². The highest BCUT2D eigenvalue weighted by atomic mass is 15.1. The Bertz CT molecular complexity index is 355. The van der Waals surface area contributed by atoms with Crippen LogP contribution in [0.1, 0.15) is 31.2 Å². The molecule has 2 rings (SSSR count).